The Morgan fingerprint density at radius 3 is 2.62 bits per heavy atom. The summed E-state index contributed by atoms with van der Waals surface area (Å²) in [4.78, 5) is 17.2. The maximum Gasteiger partial charge on any atom is 0.223 e. The molecule has 2 aromatic rings. The molecule has 0 aliphatic rings. The number of ether oxygens (including phenoxy) is 1. The zero-order chi connectivity index (χ0) is 17.6. The molecule has 0 N–H and O–H groups in total. The average Bonchev–Trinajstić information content (AvgIpc) is 2.98. The zero-order valence-corrected chi connectivity index (χ0v) is 15.3. The number of aromatic nitrogens is 1. The fourth-order valence-corrected chi connectivity index (χ4v) is 3.95. The van der Waals surface area contributed by atoms with Crippen LogP contribution in [0, 0.1) is 0 Å². The van der Waals surface area contributed by atoms with Gasteiger partial charge in [-0.1, -0.05) is 18.2 Å². The maximum atomic E-state index is 12.1. The minimum absolute atomic E-state index is 0.0105. The smallest absolute Gasteiger partial charge is 0.223 e. The Bertz CT molecular complexity index is 770. The number of para-hydroxylation sites is 1. The minimum atomic E-state index is -3.36. The SMILES string of the molecule is CN(C)C(=O)CCS(=O)(=O)Cc1csc(COc2ccccc2)n1. The lowest BCUT2D eigenvalue weighted by Gasteiger charge is -2.09. The molecule has 1 amide bonds. The molecule has 0 fully saturated rings. The van der Waals surface area contributed by atoms with Gasteiger partial charge in [0, 0.05) is 25.9 Å². The highest BCUT2D eigenvalue weighted by Crippen LogP contribution is 2.16. The summed E-state index contributed by atoms with van der Waals surface area (Å²) in [6.07, 6.45) is -0.0105. The Labute approximate surface area is 146 Å². The second-order valence-electron chi connectivity index (χ2n) is 5.46. The molecular weight excluding hydrogens is 348 g/mol. The van der Waals surface area contributed by atoms with Crippen molar-refractivity contribution < 1.29 is 17.9 Å². The normalized spacial score (nSPS) is 11.2. The van der Waals surface area contributed by atoms with Gasteiger partial charge in [-0.2, -0.15) is 0 Å². The molecule has 0 saturated heterocycles. The molecule has 24 heavy (non-hydrogen) atoms. The molecule has 0 atom stereocenters. The standard InChI is InChI=1S/C16H20N2O4S2/c1-18(2)16(19)8-9-24(20,21)12-13-11-23-15(17-13)10-22-14-6-4-3-5-7-14/h3-7,11H,8-10,12H2,1-2H3. The highest BCUT2D eigenvalue weighted by Gasteiger charge is 2.17. The molecule has 0 radical (unpaired) electrons. The lowest BCUT2D eigenvalue weighted by Crippen LogP contribution is -2.24. The fraction of sp³-hybridized carbons (Fsp3) is 0.375. The number of carbonyl (C=O) groups is 1. The second-order valence-corrected chi connectivity index (χ2v) is 8.59. The van der Waals surface area contributed by atoms with Crippen molar-refractivity contribution >= 4 is 27.1 Å². The lowest BCUT2D eigenvalue weighted by molar-refractivity contribution is -0.128. The third-order valence-corrected chi connectivity index (χ3v) is 5.63. The van der Waals surface area contributed by atoms with Crippen molar-refractivity contribution in [3.05, 3.63) is 46.4 Å². The van der Waals surface area contributed by atoms with Crippen LogP contribution in [0.5, 0.6) is 5.75 Å². The topological polar surface area (TPSA) is 76.6 Å². The number of nitrogens with zero attached hydrogens (tertiary/aromatic N) is 2. The Morgan fingerprint density at radius 2 is 1.96 bits per heavy atom. The minimum Gasteiger partial charge on any atom is -0.486 e. The first-order chi connectivity index (χ1) is 11.4. The van der Waals surface area contributed by atoms with E-state index in [0.717, 1.165) is 5.75 Å². The van der Waals surface area contributed by atoms with E-state index >= 15 is 0 Å². The van der Waals surface area contributed by atoms with Crippen molar-refractivity contribution in [2.45, 2.75) is 18.8 Å². The number of benzene rings is 1. The van der Waals surface area contributed by atoms with Crippen LogP contribution in [0.25, 0.3) is 0 Å². The third kappa shape index (κ3) is 5.93. The van der Waals surface area contributed by atoms with E-state index in [9.17, 15) is 13.2 Å². The highest BCUT2D eigenvalue weighted by molar-refractivity contribution is 7.90. The summed E-state index contributed by atoms with van der Waals surface area (Å²) in [6, 6.07) is 9.36. The molecule has 1 heterocycles. The largest absolute Gasteiger partial charge is 0.486 e. The van der Waals surface area contributed by atoms with Crippen LogP contribution in [-0.2, 0) is 27.0 Å². The Hall–Kier alpha value is -1.93. The summed E-state index contributed by atoms with van der Waals surface area (Å²) in [5.74, 6) is 0.213. The molecule has 8 heteroatoms. The molecule has 0 aliphatic carbocycles. The molecule has 0 unspecified atom stereocenters. The molecule has 0 saturated carbocycles. The number of hydrogen-bond acceptors (Lipinski definition) is 6. The fourth-order valence-electron chi connectivity index (χ4n) is 1.91. The van der Waals surface area contributed by atoms with Gasteiger partial charge in [0.25, 0.3) is 0 Å². The zero-order valence-electron chi connectivity index (χ0n) is 13.6. The van der Waals surface area contributed by atoms with Crippen LogP contribution in [0.4, 0.5) is 0 Å². The number of rotatable bonds is 8. The maximum absolute atomic E-state index is 12.1. The monoisotopic (exact) mass is 368 g/mol. The van der Waals surface area contributed by atoms with E-state index in [1.165, 1.54) is 16.2 Å². The Morgan fingerprint density at radius 1 is 1.25 bits per heavy atom. The third-order valence-electron chi connectivity index (χ3n) is 3.20. The van der Waals surface area contributed by atoms with E-state index in [1.54, 1.807) is 19.5 Å². The van der Waals surface area contributed by atoms with Gasteiger partial charge in [0.1, 0.15) is 17.4 Å². The van der Waals surface area contributed by atoms with Crippen molar-refractivity contribution in [2.24, 2.45) is 0 Å². The number of carbonyl (C=O) groups excluding carboxylic acids is 1. The van der Waals surface area contributed by atoms with Crippen molar-refractivity contribution in [3.8, 4) is 5.75 Å². The van der Waals surface area contributed by atoms with Crippen LogP contribution >= 0.6 is 11.3 Å². The van der Waals surface area contributed by atoms with E-state index in [-0.39, 0.29) is 23.8 Å². The molecule has 6 nitrogen and oxygen atoms in total. The quantitative estimate of drug-likeness (QED) is 0.713. The van der Waals surface area contributed by atoms with Crippen LogP contribution in [0.1, 0.15) is 17.1 Å². The summed E-state index contributed by atoms with van der Waals surface area (Å²) in [5.41, 5.74) is 0.490. The first-order valence-corrected chi connectivity index (χ1v) is 10.1. The molecule has 2 rings (SSSR count). The number of hydrogen-bond donors (Lipinski definition) is 0. The van der Waals surface area contributed by atoms with Crippen LogP contribution in [0.3, 0.4) is 0 Å². The van der Waals surface area contributed by atoms with Gasteiger partial charge in [0.15, 0.2) is 9.84 Å². The van der Waals surface area contributed by atoms with Crippen LogP contribution in [-0.4, -0.2) is 44.1 Å². The molecule has 0 bridgehead atoms. The van der Waals surface area contributed by atoms with Crippen molar-refractivity contribution in [1.82, 2.24) is 9.88 Å². The van der Waals surface area contributed by atoms with E-state index < -0.39 is 9.84 Å². The highest BCUT2D eigenvalue weighted by atomic mass is 32.2. The van der Waals surface area contributed by atoms with Gasteiger partial charge in [0.2, 0.25) is 5.91 Å². The van der Waals surface area contributed by atoms with Crippen LogP contribution < -0.4 is 4.74 Å². The first kappa shape index (κ1) is 18.4. The van der Waals surface area contributed by atoms with Crippen molar-refractivity contribution in [3.63, 3.8) is 0 Å². The van der Waals surface area contributed by atoms with Gasteiger partial charge in [-0.25, -0.2) is 13.4 Å². The van der Waals surface area contributed by atoms with Gasteiger partial charge < -0.3 is 9.64 Å². The summed E-state index contributed by atoms with van der Waals surface area (Å²) in [5, 5.41) is 2.43. The number of sulfone groups is 1. The van der Waals surface area contributed by atoms with E-state index in [2.05, 4.69) is 4.98 Å². The summed E-state index contributed by atoms with van der Waals surface area (Å²) >= 11 is 1.36. The van der Waals surface area contributed by atoms with Gasteiger partial charge in [-0.15, -0.1) is 11.3 Å². The average molecular weight is 368 g/mol. The Kier molecular flexibility index (Phi) is 6.33. The van der Waals surface area contributed by atoms with Crippen molar-refractivity contribution in [1.29, 1.82) is 0 Å². The molecule has 0 spiro atoms. The van der Waals surface area contributed by atoms with Crippen LogP contribution in [0.2, 0.25) is 0 Å². The first-order valence-electron chi connectivity index (χ1n) is 7.37. The van der Waals surface area contributed by atoms with Crippen molar-refractivity contribution in [2.75, 3.05) is 19.8 Å². The summed E-state index contributed by atoms with van der Waals surface area (Å²) in [7, 11) is -0.150. The lowest BCUT2D eigenvalue weighted by atomic mass is 10.3. The van der Waals surface area contributed by atoms with Gasteiger partial charge in [-0.3, -0.25) is 4.79 Å². The second kappa shape index (κ2) is 8.25. The molecule has 130 valence electrons. The van der Waals surface area contributed by atoms with Gasteiger partial charge >= 0.3 is 0 Å². The molecule has 0 aliphatic heterocycles. The van der Waals surface area contributed by atoms with E-state index in [0.29, 0.717) is 17.3 Å². The molecule has 1 aromatic carbocycles. The van der Waals surface area contributed by atoms with E-state index in [4.69, 9.17) is 4.74 Å². The molecular formula is C16H20N2O4S2. The van der Waals surface area contributed by atoms with E-state index in [1.807, 2.05) is 30.3 Å². The van der Waals surface area contributed by atoms with Crippen LogP contribution in [0.15, 0.2) is 35.7 Å². The molecule has 1 aromatic heterocycles. The van der Waals surface area contributed by atoms with Gasteiger partial charge in [-0.05, 0) is 12.1 Å². The number of thiazole rings is 1. The summed E-state index contributed by atoms with van der Waals surface area (Å²) < 4.78 is 29.7. The predicted octanol–water partition coefficient (Wildman–Crippen LogP) is 2.12. The predicted molar refractivity (Wildman–Crippen MR) is 93.7 cm³/mol. The van der Waals surface area contributed by atoms with Gasteiger partial charge in [0.05, 0.1) is 17.2 Å². The Balaban J connectivity index is 1.87. The summed E-state index contributed by atoms with van der Waals surface area (Å²) in [6.45, 7) is 0.299. The number of amides is 1.